The predicted molar refractivity (Wildman–Crippen MR) is 154 cm³/mol. The Kier molecular flexibility index (Phi) is 4.89. The highest BCUT2D eigenvalue weighted by molar-refractivity contribution is 6.06. The number of hydrogen-bond donors (Lipinski definition) is 0. The highest BCUT2D eigenvalue weighted by Crippen LogP contribution is 2.44. The SMILES string of the molecule is C1=Cc2ccccc2C(=Cc2ccc(C=C3c4ccccc4-c4ccccc43)cc2)c2ccccc21. The number of benzene rings is 5. The molecule has 0 nitrogen and oxygen atoms in total. The average Bonchev–Trinajstić information content (AvgIpc) is 3.16. The summed E-state index contributed by atoms with van der Waals surface area (Å²) in [6, 6.07) is 43.7. The summed E-state index contributed by atoms with van der Waals surface area (Å²) in [4.78, 5) is 0. The number of rotatable bonds is 2. The molecule has 2 aliphatic rings. The van der Waals surface area contributed by atoms with E-state index in [2.05, 4.69) is 146 Å². The fourth-order valence-electron chi connectivity index (χ4n) is 5.48. The topological polar surface area (TPSA) is 0 Å². The first-order chi connectivity index (χ1) is 17.8. The van der Waals surface area contributed by atoms with Crippen LogP contribution in [0.2, 0.25) is 0 Å². The van der Waals surface area contributed by atoms with Crippen LogP contribution < -0.4 is 0 Å². The van der Waals surface area contributed by atoms with Crippen LogP contribution in [-0.4, -0.2) is 0 Å². The van der Waals surface area contributed by atoms with E-state index in [1.165, 1.54) is 66.8 Å². The van der Waals surface area contributed by atoms with Crippen LogP contribution in [0.15, 0.2) is 121 Å². The minimum absolute atomic E-state index is 1.20. The Morgan fingerprint density at radius 3 is 1.08 bits per heavy atom. The lowest BCUT2D eigenvalue weighted by molar-refractivity contribution is 1.53. The molecule has 0 spiro atoms. The number of hydrogen-bond acceptors (Lipinski definition) is 0. The quantitative estimate of drug-likeness (QED) is 0.243. The van der Waals surface area contributed by atoms with Crippen molar-refractivity contribution in [3.63, 3.8) is 0 Å². The van der Waals surface area contributed by atoms with Gasteiger partial charge in [0.05, 0.1) is 0 Å². The molecule has 36 heavy (non-hydrogen) atoms. The standard InChI is InChI=1S/C36H24/c1-3-11-29-27(9-1)21-22-28-10-2-4-12-30(28)35(29)23-25-17-19-26(20-18-25)24-36-33-15-7-5-13-31(33)32-14-6-8-16-34(32)36/h1-24H. The van der Waals surface area contributed by atoms with Crippen LogP contribution >= 0.6 is 0 Å². The monoisotopic (exact) mass is 456 g/mol. The van der Waals surface area contributed by atoms with Gasteiger partial charge in [0, 0.05) is 0 Å². The van der Waals surface area contributed by atoms with Crippen LogP contribution in [0.1, 0.15) is 44.5 Å². The highest BCUT2D eigenvalue weighted by atomic mass is 14.2. The molecule has 0 amide bonds. The molecule has 0 atom stereocenters. The van der Waals surface area contributed by atoms with Crippen molar-refractivity contribution < 1.29 is 0 Å². The molecule has 5 aromatic rings. The van der Waals surface area contributed by atoms with Gasteiger partial charge in [0.2, 0.25) is 0 Å². The highest BCUT2D eigenvalue weighted by Gasteiger charge is 2.22. The molecule has 7 rings (SSSR count). The number of fused-ring (bicyclic) bond motifs is 5. The maximum atomic E-state index is 2.32. The second kappa shape index (κ2) is 8.52. The van der Waals surface area contributed by atoms with Crippen LogP contribution in [0.3, 0.4) is 0 Å². The largest absolute Gasteiger partial charge is 0.0616 e. The lowest BCUT2D eigenvalue weighted by Crippen LogP contribution is -1.92. The molecule has 0 heteroatoms. The summed E-state index contributed by atoms with van der Waals surface area (Å²) in [5, 5.41) is 0. The van der Waals surface area contributed by atoms with Crippen LogP contribution in [0, 0.1) is 0 Å². The summed E-state index contributed by atoms with van der Waals surface area (Å²) in [5.74, 6) is 0. The van der Waals surface area contributed by atoms with Gasteiger partial charge in [0.15, 0.2) is 0 Å². The van der Waals surface area contributed by atoms with Gasteiger partial charge in [0.1, 0.15) is 0 Å². The molecule has 2 aliphatic carbocycles. The van der Waals surface area contributed by atoms with Gasteiger partial charge in [-0.3, -0.25) is 0 Å². The van der Waals surface area contributed by atoms with E-state index >= 15 is 0 Å². The third-order valence-corrected chi connectivity index (χ3v) is 7.23. The summed E-state index contributed by atoms with van der Waals surface area (Å²) >= 11 is 0. The molecule has 0 saturated carbocycles. The smallest absolute Gasteiger partial charge is 0.00930 e. The minimum atomic E-state index is 1.20. The average molecular weight is 457 g/mol. The van der Waals surface area contributed by atoms with E-state index in [-0.39, 0.29) is 0 Å². The van der Waals surface area contributed by atoms with Gasteiger partial charge in [-0.2, -0.15) is 0 Å². The lowest BCUT2D eigenvalue weighted by atomic mass is 9.92. The van der Waals surface area contributed by atoms with Gasteiger partial charge in [0.25, 0.3) is 0 Å². The van der Waals surface area contributed by atoms with E-state index in [0.29, 0.717) is 0 Å². The molecular weight excluding hydrogens is 432 g/mol. The first kappa shape index (κ1) is 20.7. The molecule has 0 heterocycles. The Balaban J connectivity index is 1.30. The second-order valence-electron chi connectivity index (χ2n) is 9.38. The Hall–Kier alpha value is -4.68. The summed E-state index contributed by atoms with van der Waals surface area (Å²) < 4.78 is 0. The third-order valence-electron chi connectivity index (χ3n) is 7.23. The maximum Gasteiger partial charge on any atom is -0.00930 e. The summed E-state index contributed by atoms with van der Waals surface area (Å²) in [5.41, 5.74) is 15.3. The minimum Gasteiger partial charge on any atom is -0.0616 e. The molecule has 0 unspecified atom stereocenters. The maximum absolute atomic E-state index is 2.32. The molecule has 168 valence electrons. The van der Waals surface area contributed by atoms with Crippen molar-refractivity contribution in [2.75, 3.05) is 0 Å². The van der Waals surface area contributed by atoms with Crippen molar-refractivity contribution in [2.24, 2.45) is 0 Å². The normalized spacial score (nSPS) is 12.8. The predicted octanol–water partition coefficient (Wildman–Crippen LogP) is 9.33. The summed E-state index contributed by atoms with van der Waals surface area (Å²) in [7, 11) is 0. The van der Waals surface area contributed by atoms with E-state index in [0.717, 1.165) is 0 Å². The molecule has 0 N–H and O–H groups in total. The molecule has 5 aromatic carbocycles. The molecular formula is C36H24. The van der Waals surface area contributed by atoms with E-state index in [9.17, 15) is 0 Å². The zero-order chi connectivity index (χ0) is 23.9. The van der Waals surface area contributed by atoms with Crippen molar-refractivity contribution in [3.05, 3.63) is 166 Å². The third kappa shape index (κ3) is 3.47. The first-order valence-electron chi connectivity index (χ1n) is 12.4. The van der Waals surface area contributed by atoms with Crippen molar-refractivity contribution in [1.29, 1.82) is 0 Å². The van der Waals surface area contributed by atoms with E-state index in [1.807, 2.05) is 0 Å². The summed E-state index contributed by atoms with van der Waals surface area (Å²) in [6.45, 7) is 0. The Morgan fingerprint density at radius 1 is 0.306 bits per heavy atom. The van der Waals surface area contributed by atoms with Gasteiger partial charge in [-0.05, 0) is 78.9 Å². The first-order valence-corrected chi connectivity index (χ1v) is 12.4. The zero-order valence-electron chi connectivity index (χ0n) is 19.9. The van der Waals surface area contributed by atoms with Gasteiger partial charge in [-0.1, -0.05) is 133 Å². The molecule has 0 bridgehead atoms. The van der Waals surface area contributed by atoms with Crippen molar-refractivity contribution >= 4 is 35.5 Å². The fourth-order valence-corrected chi connectivity index (χ4v) is 5.48. The van der Waals surface area contributed by atoms with Gasteiger partial charge < -0.3 is 0 Å². The Morgan fingerprint density at radius 2 is 0.639 bits per heavy atom. The zero-order valence-corrected chi connectivity index (χ0v) is 19.9. The Labute approximate surface area is 212 Å². The summed E-state index contributed by atoms with van der Waals surface area (Å²) in [6.07, 6.45) is 9.09. The van der Waals surface area contributed by atoms with Crippen LogP contribution in [-0.2, 0) is 0 Å². The van der Waals surface area contributed by atoms with Gasteiger partial charge in [-0.15, -0.1) is 0 Å². The van der Waals surface area contributed by atoms with Crippen molar-refractivity contribution in [2.45, 2.75) is 0 Å². The van der Waals surface area contributed by atoms with Crippen LogP contribution in [0.5, 0.6) is 0 Å². The molecule has 0 aliphatic heterocycles. The fraction of sp³-hybridized carbons (Fsp3) is 0. The van der Waals surface area contributed by atoms with E-state index in [4.69, 9.17) is 0 Å². The Bertz CT molecular complexity index is 1610. The van der Waals surface area contributed by atoms with E-state index in [1.54, 1.807) is 0 Å². The van der Waals surface area contributed by atoms with Crippen LogP contribution in [0.25, 0.3) is 46.6 Å². The molecule has 0 aromatic heterocycles. The van der Waals surface area contributed by atoms with Crippen molar-refractivity contribution in [3.8, 4) is 11.1 Å². The van der Waals surface area contributed by atoms with Crippen LogP contribution in [0.4, 0.5) is 0 Å². The van der Waals surface area contributed by atoms with E-state index < -0.39 is 0 Å². The molecule has 0 radical (unpaired) electrons. The second-order valence-corrected chi connectivity index (χ2v) is 9.38. The molecule has 0 saturated heterocycles. The van der Waals surface area contributed by atoms with Gasteiger partial charge in [-0.25, -0.2) is 0 Å². The molecule has 0 fully saturated rings. The van der Waals surface area contributed by atoms with Crippen molar-refractivity contribution in [1.82, 2.24) is 0 Å². The lowest BCUT2D eigenvalue weighted by Gasteiger charge is -2.12. The van der Waals surface area contributed by atoms with Gasteiger partial charge >= 0.3 is 0 Å².